The van der Waals surface area contributed by atoms with Gasteiger partial charge in [-0.3, -0.25) is 4.55 Å². The van der Waals surface area contributed by atoms with Crippen molar-refractivity contribution in [2.24, 2.45) is 0 Å². The van der Waals surface area contributed by atoms with Crippen LogP contribution in [0.25, 0.3) is 21.5 Å². The number of ether oxygens (including phenoxy) is 2. The highest BCUT2D eigenvalue weighted by Crippen LogP contribution is 2.36. The Morgan fingerprint density at radius 3 is 2.55 bits per heavy atom. The molecule has 1 atom stereocenters. The molecule has 0 radical (unpaired) electrons. The molecule has 0 aliphatic rings. The van der Waals surface area contributed by atoms with Crippen LogP contribution in [0.5, 0.6) is 5.75 Å². The average molecular weight is 443 g/mol. The smallest absolute Gasteiger partial charge is 0.330 e. The van der Waals surface area contributed by atoms with E-state index in [2.05, 4.69) is 13.5 Å². The van der Waals surface area contributed by atoms with Crippen molar-refractivity contribution in [1.82, 2.24) is 0 Å². The summed E-state index contributed by atoms with van der Waals surface area (Å²) in [6.45, 7) is 5.65. The van der Waals surface area contributed by atoms with E-state index in [1.807, 2.05) is 30.3 Å². The molecule has 0 spiro atoms. The number of rotatable bonds is 10. The third-order valence-electron chi connectivity index (χ3n) is 5.08. The third kappa shape index (κ3) is 5.62. The van der Waals surface area contributed by atoms with E-state index < -0.39 is 22.2 Å². The normalized spacial score (nSPS) is 12.6. The summed E-state index contributed by atoms with van der Waals surface area (Å²) in [7, 11) is -4.37. The Morgan fingerprint density at radius 1 is 1.10 bits per heavy atom. The van der Waals surface area contributed by atoms with E-state index in [0.29, 0.717) is 17.6 Å². The van der Waals surface area contributed by atoms with E-state index in [9.17, 15) is 17.8 Å². The molecule has 3 aromatic carbocycles. The minimum atomic E-state index is -4.37. The van der Waals surface area contributed by atoms with Gasteiger partial charge in [0.15, 0.2) is 0 Å². The van der Waals surface area contributed by atoms with Gasteiger partial charge in [0.25, 0.3) is 10.1 Å². The Balaban J connectivity index is 2.02. The van der Waals surface area contributed by atoms with E-state index in [1.54, 1.807) is 6.07 Å². The lowest BCUT2D eigenvalue weighted by Crippen LogP contribution is -2.24. The number of benzene rings is 3. The highest BCUT2D eigenvalue weighted by molar-refractivity contribution is 7.85. The lowest BCUT2D eigenvalue weighted by atomic mass is 10.0. The monoisotopic (exact) mass is 442 g/mol. The van der Waals surface area contributed by atoms with E-state index in [-0.39, 0.29) is 11.5 Å². The first-order chi connectivity index (χ1) is 14.8. The van der Waals surface area contributed by atoms with Gasteiger partial charge in [-0.15, -0.1) is 0 Å². The van der Waals surface area contributed by atoms with Gasteiger partial charge in [0.1, 0.15) is 18.5 Å². The van der Waals surface area contributed by atoms with Crippen LogP contribution in [0.1, 0.15) is 32.6 Å². The van der Waals surface area contributed by atoms with Crippen molar-refractivity contribution >= 4 is 37.6 Å². The SMILES string of the molecule is C=CC(=O)OC(CCCCC)COc1c2ccccc2cc2ccc(S(=O)(=O)O)cc12. The molecule has 3 rings (SSSR count). The number of hydrogen-bond acceptors (Lipinski definition) is 5. The summed E-state index contributed by atoms with van der Waals surface area (Å²) in [5.41, 5.74) is 0. The summed E-state index contributed by atoms with van der Waals surface area (Å²) in [5.74, 6) is -0.0321. The number of unbranched alkanes of at least 4 members (excludes halogenated alkanes) is 2. The van der Waals surface area contributed by atoms with Crippen LogP contribution in [0.15, 0.2) is 66.1 Å². The summed E-state index contributed by atoms with van der Waals surface area (Å²) >= 11 is 0. The second kappa shape index (κ2) is 9.94. The molecule has 0 aliphatic heterocycles. The Kier molecular flexibility index (Phi) is 7.30. The van der Waals surface area contributed by atoms with Gasteiger partial charge in [0.2, 0.25) is 0 Å². The van der Waals surface area contributed by atoms with Gasteiger partial charge in [-0.2, -0.15) is 8.42 Å². The van der Waals surface area contributed by atoms with Gasteiger partial charge in [-0.05, 0) is 41.8 Å². The second-order valence-electron chi connectivity index (χ2n) is 7.35. The fourth-order valence-corrected chi connectivity index (χ4v) is 4.01. The van der Waals surface area contributed by atoms with Gasteiger partial charge >= 0.3 is 5.97 Å². The molecule has 0 bridgehead atoms. The highest BCUT2D eigenvalue weighted by atomic mass is 32.2. The summed E-state index contributed by atoms with van der Waals surface area (Å²) in [6, 6.07) is 13.9. The maximum atomic E-state index is 11.8. The first-order valence-electron chi connectivity index (χ1n) is 10.2. The molecule has 1 N–H and O–H groups in total. The van der Waals surface area contributed by atoms with Crippen LogP contribution in [0.2, 0.25) is 0 Å². The molecular weight excluding hydrogens is 416 g/mol. The molecule has 0 saturated heterocycles. The van der Waals surface area contributed by atoms with Crippen LogP contribution in [-0.2, 0) is 19.6 Å². The summed E-state index contributed by atoms with van der Waals surface area (Å²) < 4.78 is 44.4. The Bertz CT molecular complexity index is 1200. The van der Waals surface area contributed by atoms with E-state index in [1.165, 1.54) is 12.1 Å². The van der Waals surface area contributed by atoms with E-state index in [4.69, 9.17) is 9.47 Å². The Morgan fingerprint density at radius 2 is 1.84 bits per heavy atom. The zero-order chi connectivity index (χ0) is 22.4. The molecule has 0 saturated carbocycles. The van der Waals surface area contributed by atoms with Crippen molar-refractivity contribution in [2.45, 2.75) is 43.6 Å². The molecule has 164 valence electrons. The molecule has 7 heteroatoms. The molecule has 0 heterocycles. The fraction of sp³-hybridized carbons (Fsp3) is 0.292. The van der Waals surface area contributed by atoms with Crippen molar-refractivity contribution in [3.8, 4) is 5.75 Å². The zero-order valence-corrected chi connectivity index (χ0v) is 18.2. The average Bonchev–Trinajstić information content (AvgIpc) is 2.75. The maximum absolute atomic E-state index is 11.8. The quantitative estimate of drug-likeness (QED) is 0.151. The van der Waals surface area contributed by atoms with Gasteiger partial charge in [-0.1, -0.05) is 56.7 Å². The summed E-state index contributed by atoms with van der Waals surface area (Å²) in [6.07, 6.45) is 4.24. The number of fused-ring (bicyclic) bond motifs is 2. The number of carbonyl (C=O) groups excluding carboxylic acids is 1. The van der Waals surface area contributed by atoms with Gasteiger partial charge in [0.05, 0.1) is 4.90 Å². The van der Waals surface area contributed by atoms with Crippen LogP contribution < -0.4 is 4.74 Å². The molecule has 3 aromatic rings. The molecule has 6 nitrogen and oxygen atoms in total. The maximum Gasteiger partial charge on any atom is 0.330 e. The Hall–Kier alpha value is -2.90. The van der Waals surface area contributed by atoms with Crippen LogP contribution >= 0.6 is 0 Å². The van der Waals surface area contributed by atoms with E-state index >= 15 is 0 Å². The summed E-state index contributed by atoms with van der Waals surface area (Å²) in [5, 5.41) is 3.04. The van der Waals surface area contributed by atoms with Gasteiger partial charge in [0, 0.05) is 16.8 Å². The van der Waals surface area contributed by atoms with Crippen molar-refractivity contribution in [3.05, 3.63) is 61.2 Å². The molecule has 1 unspecified atom stereocenters. The zero-order valence-electron chi connectivity index (χ0n) is 17.4. The van der Waals surface area contributed by atoms with Crippen molar-refractivity contribution in [3.63, 3.8) is 0 Å². The van der Waals surface area contributed by atoms with Crippen molar-refractivity contribution in [1.29, 1.82) is 0 Å². The largest absolute Gasteiger partial charge is 0.488 e. The highest BCUT2D eigenvalue weighted by Gasteiger charge is 2.18. The number of hydrogen-bond donors (Lipinski definition) is 1. The summed E-state index contributed by atoms with van der Waals surface area (Å²) in [4.78, 5) is 11.5. The fourth-order valence-electron chi connectivity index (χ4n) is 3.50. The predicted octanol–water partition coefficient (Wildman–Crippen LogP) is 5.30. The van der Waals surface area contributed by atoms with Crippen LogP contribution in [-0.4, -0.2) is 31.7 Å². The topological polar surface area (TPSA) is 89.9 Å². The molecule has 0 fully saturated rings. The van der Waals surface area contributed by atoms with Crippen LogP contribution in [0, 0.1) is 0 Å². The molecule has 0 aliphatic carbocycles. The minimum Gasteiger partial charge on any atom is -0.488 e. The molecule has 0 amide bonds. The van der Waals surface area contributed by atoms with Gasteiger partial charge in [-0.25, -0.2) is 4.79 Å². The Labute approximate surface area is 182 Å². The number of esters is 1. The second-order valence-corrected chi connectivity index (χ2v) is 8.78. The minimum absolute atomic E-state index is 0.114. The first-order valence-corrected chi connectivity index (χ1v) is 11.7. The first kappa shape index (κ1) is 22.8. The molecular formula is C24H26O6S. The van der Waals surface area contributed by atoms with Crippen molar-refractivity contribution < 1.29 is 27.2 Å². The van der Waals surface area contributed by atoms with Crippen LogP contribution in [0.3, 0.4) is 0 Å². The van der Waals surface area contributed by atoms with Crippen molar-refractivity contribution in [2.75, 3.05) is 6.61 Å². The molecule has 31 heavy (non-hydrogen) atoms. The predicted molar refractivity (Wildman–Crippen MR) is 121 cm³/mol. The lowest BCUT2D eigenvalue weighted by Gasteiger charge is -2.20. The van der Waals surface area contributed by atoms with Gasteiger partial charge < -0.3 is 9.47 Å². The third-order valence-corrected chi connectivity index (χ3v) is 5.93. The molecule has 0 aromatic heterocycles. The lowest BCUT2D eigenvalue weighted by molar-refractivity contribution is -0.144. The standard InChI is InChI=1S/C24H26O6S/c1-3-5-6-10-19(30-23(25)4-2)16-29-24-21-11-8-7-9-17(21)14-18-12-13-20(15-22(18)24)31(26,27)28/h4,7-9,11-15,19H,2-3,5-6,10,16H2,1H3,(H,26,27,28). The number of carbonyl (C=O) groups is 1. The van der Waals surface area contributed by atoms with E-state index in [0.717, 1.165) is 41.5 Å². The van der Waals surface area contributed by atoms with Crippen LogP contribution in [0.4, 0.5) is 0 Å².